The minimum absolute atomic E-state index is 0.328. The Morgan fingerprint density at radius 1 is 1.03 bits per heavy atom. The summed E-state index contributed by atoms with van der Waals surface area (Å²) in [5, 5.41) is 1.11. The predicted molar refractivity (Wildman–Crippen MR) is 128 cm³/mol. The van der Waals surface area contributed by atoms with Gasteiger partial charge in [0.2, 0.25) is 0 Å². The highest BCUT2D eigenvalue weighted by Crippen LogP contribution is 2.41. The number of ether oxygens (including phenoxy) is 2. The summed E-state index contributed by atoms with van der Waals surface area (Å²) in [6.45, 7) is 3.56. The van der Waals surface area contributed by atoms with Crippen molar-refractivity contribution in [3.05, 3.63) is 85.6 Å². The average molecular weight is 466 g/mol. The van der Waals surface area contributed by atoms with Crippen molar-refractivity contribution in [3.8, 4) is 17.0 Å². The van der Waals surface area contributed by atoms with Gasteiger partial charge >= 0.3 is 5.69 Å². The molecule has 5 rings (SSSR count). The monoisotopic (exact) mass is 465 g/mol. The Bertz CT molecular complexity index is 1460. The van der Waals surface area contributed by atoms with E-state index < -0.39 is 6.10 Å². The van der Waals surface area contributed by atoms with Crippen molar-refractivity contribution in [2.45, 2.75) is 19.6 Å². The Morgan fingerprint density at radius 3 is 2.39 bits per heavy atom. The minimum Gasteiger partial charge on any atom is -0.494 e. The van der Waals surface area contributed by atoms with Crippen molar-refractivity contribution >= 4 is 22.5 Å². The Kier molecular flexibility index (Phi) is 5.38. The van der Waals surface area contributed by atoms with Gasteiger partial charge in [0.05, 0.1) is 35.5 Å². The molecule has 0 spiro atoms. The standard InChI is InChI=1S/C25H24ClN3O4/c1-4-32-18-11-7-16(8-12-18)23-22-21-19(24(30)28(3)25(31)27(21)2)20(29(22)13-14-33-23)15-5-9-17(26)10-6-15/h5-12,23H,4,13-14H2,1-3H3/t23-/m0/s1. The van der Waals surface area contributed by atoms with Crippen LogP contribution in [0.1, 0.15) is 24.3 Å². The first-order valence-corrected chi connectivity index (χ1v) is 11.2. The molecule has 0 unspecified atom stereocenters. The molecule has 170 valence electrons. The second-order valence-corrected chi connectivity index (χ2v) is 8.51. The molecule has 0 bridgehead atoms. The van der Waals surface area contributed by atoms with E-state index in [-0.39, 0.29) is 11.2 Å². The van der Waals surface area contributed by atoms with Gasteiger partial charge in [0, 0.05) is 25.7 Å². The smallest absolute Gasteiger partial charge is 0.331 e. The second-order valence-electron chi connectivity index (χ2n) is 8.07. The van der Waals surface area contributed by atoms with Gasteiger partial charge in [-0.1, -0.05) is 35.9 Å². The highest BCUT2D eigenvalue weighted by atomic mass is 35.5. The molecule has 2 aromatic heterocycles. The van der Waals surface area contributed by atoms with Crippen LogP contribution in [0.25, 0.3) is 22.2 Å². The van der Waals surface area contributed by atoms with Gasteiger partial charge in [-0.2, -0.15) is 0 Å². The van der Waals surface area contributed by atoms with Gasteiger partial charge in [-0.15, -0.1) is 0 Å². The SMILES string of the molecule is CCOc1ccc([C@@H]2OCCn3c(-c4ccc(Cl)cc4)c4c(=O)n(C)c(=O)n(C)c4c32)cc1. The number of halogens is 1. The molecule has 1 atom stereocenters. The fourth-order valence-electron chi connectivity index (χ4n) is 4.65. The average Bonchev–Trinajstić information content (AvgIpc) is 3.18. The predicted octanol–water partition coefficient (Wildman–Crippen LogP) is 3.88. The Balaban J connectivity index is 1.84. The molecule has 2 aromatic carbocycles. The normalized spacial score (nSPS) is 15.6. The van der Waals surface area contributed by atoms with Gasteiger partial charge in [0.1, 0.15) is 11.9 Å². The third-order valence-corrected chi connectivity index (χ3v) is 6.42. The lowest BCUT2D eigenvalue weighted by molar-refractivity contribution is 0.0478. The van der Waals surface area contributed by atoms with Crippen molar-refractivity contribution in [1.82, 2.24) is 13.7 Å². The number of nitrogens with zero attached hydrogens (tertiary/aromatic N) is 3. The maximum atomic E-state index is 13.4. The van der Waals surface area contributed by atoms with Crippen LogP contribution in [0.15, 0.2) is 58.1 Å². The lowest BCUT2D eigenvalue weighted by Gasteiger charge is -2.28. The number of rotatable bonds is 4. The van der Waals surface area contributed by atoms with Crippen molar-refractivity contribution in [2.24, 2.45) is 14.1 Å². The van der Waals surface area contributed by atoms with E-state index in [1.165, 1.54) is 11.6 Å². The van der Waals surface area contributed by atoms with E-state index in [4.69, 9.17) is 21.1 Å². The number of hydrogen-bond acceptors (Lipinski definition) is 4. The summed E-state index contributed by atoms with van der Waals surface area (Å²) < 4.78 is 16.6. The fourth-order valence-corrected chi connectivity index (χ4v) is 4.77. The highest BCUT2D eigenvalue weighted by Gasteiger charge is 2.33. The van der Waals surface area contributed by atoms with E-state index in [1.54, 1.807) is 19.2 Å². The van der Waals surface area contributed by atoms with E-state index in [0.29, 0.717) is 35.7 Å². The van der Waals surface area contributed by atoms with Crippen LogP contribution in [0.2, 0.25) is 5.02 Å². The molecule has 0 aliphatic carbocycles. The largest absolute Gasteiger partial charge is 0.494 e. The Morgan fingerprint density at radius 2 is 1.73 bits per heavy atom. The molecular weight excluding hydrogens is 442 g/mol. The topological polar surface area (TPSA) is 67.4 Å². The summed E-state index contributed by atoms with van der Waals surface area (Å²) in [5.41, 5.74) is 3.24. The molecule has 0 saturated heterocycles. The van der Waals surface area contributed by atoms with Crippen LogP contribution in [0.4, 0.5) is 0 Å². The zero-order chi connectivity index (χ0) is 23.3. The quantitative estimate of drug-likeness (QED) is 0.458. The number of aryl methyl sites for hydroxylation is 1. The second kappa shape index (κ2) is 8.24. The van der Waals surface area contributed by atoms with Crippen LogP contribution in [0.5, 0.6) is 5.75 Å². The number of aromatic nitrogens is 3. The van der Waals surface area contributed by atoms with Crippen LogP contribution >= 0.6 is 11.6 Å². The lowest BCUT2D eigenvalue weighted by Crippen LogP contribution is -2.37. The first-order chi connectivity index (χ1) is 15.9. The zero-order valence-electron chi connectivity index (χ0n) is 18.7. The van der Waals surface area contributed by atoms with Gasteiger partial charge in [0.15, 0.2) is 0 Å². The zero-order valence-corrected chi connectivity index (χ0v) is 19.4. The van der Waals surface area contributed by atoms with Crippen molar-refractivity contribution in [2.75, 3.05) is 13.2 Å². The molecule has 0 N–H and O–H groups in total. The van der Waals surface area contributed by atoms with E-state index in [0.717, 1.165) is 32.8 Å². The summed E-state index contributed by atoms with van der Waals surface area (Å²) in [4.78, 5) is 26.3. The Hall–Kier alpha value is -3.29. The van der Waals surface area contributed by atoms with Gasteiger partial charge in [-0.05, 0) is 42.3 Å². The number of fused-ring (bicyclic) bond motifs is 3. The molecular formula is C25H24ClN3O4. The number of hydrogen-bond donors (Lipinski definition) is 0. The van der Waals surface area contributed by atoms with Gasteiger partial charge < -0.3 is 14.0 Å². The summed E-state index contributed by atoms with van der Waals surface area (Å²) in [6.07, 6.45) is -0.435. The van der Waals surface area contributed by atoms with Crippen molar-refractivity contribution < 1.29 is 9.47 Å². The van der Waals surface area contributed by atoms with Crippen molar-refractivity contribution in [3.63, 3.8) is 0 Å². The number of benzene rings is 2. The van der Waals surface area contributed by atoms with Crippen LogP contribution in [-0.4, -0.2) is 26.9 Å². The minimum atomic E-state index is -0.435. The van der Waals surface area contributed by atoms with E-state index in [9.17, 15) is 9.59 Å². The third kappa shape index (κ3) is 3.39. The van der Waals surface area contributed by atoms with Crippen LogP contribution < -0.4 is 16.0 Å². The summed E-state index contributed by atoms with van der Waals surface area (Å²) in [7, 11) is 3.20. The lowest BCUT2D eigenvalue weighted by atomic mass is 10.0. The van der Waals surface area contributed by atoms with Crippen LogP contribution in [0.3, 0.4) is 0 Å². The maximum absolute atomic E-state index is 13.4. The van der Waals surface area contributed by atoms with E-state index in [2.05, 4.69) is 4.57 Å². The van der Waals surface area contributed by atoms with E-state index in [1.807, 2.05) is 43.3 Å². The van der Waals surface area contributed by atoms with Gasteiger partial charge in [0.25, 0.3) is 5.56 Å². The molecule has 33 heavy (non-hydrogen) atoms. The van der Waals surface area contributed by atoms with Crippen LogP contribution in [-0.2, 0) is 25.4 Å². The first kappa shape index (κ1) is 21.6. The van der Waals surface area contributed by atoms with Crippen LogP contribution in [0, 0.1) is 0 Å². The summed E-state index contributed by atoms with van der Waals surface area (Å²) in [5.74, 6) is 0.778. The van der Waals surface area contributed by atoms with Gasteiger partial charge in [-0.25, -0.2) is 4.79 Å². The molecule has 7 nitrogen and oxygen atoms in total. The van der Waals surface area contributed by atoms with Gasteiger partial charge in [-0.3, -0.25) is 13.9 Å². The summed E-state index contributed by atoms with van der Waals surface area (Å²) >= 11 is 6.13. The molecule has 1 aliphatic rings. The molecule has 0 radical (unpaired) electrons. The van der Waals surface area contributed by atoms with Crippen molar-refractivity contribution in [1.29, 1.82) is 0 Å². The fraction of sp³-hybridized carbons (Fsp3) is 0.280. The first-order valence-electron chi connectivity index (χ1n) is 10.8. The molecule has 4 aromatic rings. The van der Waals surface area contributed by atoms with E-state index >= 15 is 0 Å². The molecule has 0 amide bonds. The maximum Gasteiger partial charge on any atom is 0.331 e. The molecule has 0 saturated carbocycles. The molecule has 3 heterocycles. The Labute approximate surface area is 195 Å². The molecule has 1 aliphatic heterocycles. The molecule has 0 fully saturated rings. The third-order valence-electron chi connectivity index (χ3n) is 6.16. The highest BCUT2D eigenvalue weighted by molar-refractivity contribution is 6.30. The molecule has 8 heteroatoms. The summed E-state index contributed by atoms with van der Waals surface area (Å²) in [6, 6.07) is 15.1.